The molecule has 0 spiro atoms. The van der Waals surface area contributed by atoms with Crippen LogP contribution >= 0.6 is 0 Å². The van der Waals surface area contributed by atoms with Crippen molar-refractivity contribution in [2.24, 2.45) is 0 Å². The maximum absolute atomic E-state index is 6.66. The molecule has 6 heteroatoms. The minimum atomic E-state index is -0.606. The molecule has 0 unspecified atom stereocenters. The lowest BCUT2D eigenvalue weighted by atomic mass is 9.97. The van der Waals surface area contributed by atoms with Crippen molar-refractivity contribution in [3.05, 3.63) is 156 Å². The van der Waals surface area contributed by atoms with Crippen LogP contribution < -0.4 is 0 Å². The third kappa shape index (κ3) is 7.34. The first kappa shape index (κ1) is 29.8. The summed E-state index contributed by atoms with van der Waals surface area (Å²) >= 11 is 0. The van der Waals surface area contributed by atoms with Gasteiger partial charge in [0.05, 0.1) is 33.0 Å². The smallest absolute Gasteiger partial charge is 0.187 e. The lowest BCUT2D eigenvalue weighted by Crippen LogP contribution is -2.57. The molecule has 2 bridgehead atoms. The molecular weight excluding hydrogens is 564 g/mol. The van der Waals surface area contributed by atoms with Gasteiger partial charge >= 0.3 is 0 Å². The molecule has 45 heavy (non-hydrogen) atoms. The van der Waals surface area contributed by atoms with Crippen LogP contribution in [0.15, 0.2) is 133 Å². The molecular formula is C39H38O6. The molecule has 0 aliphatic carbocycles. The second-order valence-corrected chi connectivity index (χ2v) is 11.6. The molecule has 6 nitrogen and oxygen atoms in total. The molecule has 2 heterocycles. The molecule has 0 saturated carbocycles. The predicted octanol–water partition coefficient (Wildman–Crippen LogP) is 7.24. The van der Waals surface area contributed by atoms with E-state index < -0.39 is 24.6 Å². The Balaban J connectivity index is 1.11. The molecule has 2 saturated heterocycles. The number of hydrogen-bond acceptors (Lipinski definition) is 6. The van der Waals surface area contributed by atoms with Gasteiger partial charge in [0.15, 0.2) is 6.29 Å². The Morgan fingerprint density at radius 1 is 0.444 bits per heavy atom. The zero-order valence-corrected chi connectivity index (χ0v) is 25.2. The van der Waals surface area contributed by atoms with Gasteiger partial charge in [0, 0.05) is 0 Å². The van der Waals surface area contributed by atoms with Gasteiger partial charge in [0.1, 0.15) is 30.5 Å². The van der Waals surface area contributed by atoms with E-state index in [1.165, 1.54) is 10.8 Å². The Labute approximate surface area is 264 Å². The fourth-order valence-electron chi connectivity index (χ4n) is 6.11. The summed E-state index contributed by atoms with van der Waals surface area (Å²) in [6, 6.07) is 45.2. The van der Waals surface area contributed by atoms with Crippen molar-refractivity contribution >= 4 is 10.8 Å². The summed E-state index contributed by atoms with van der Waals surface area (Å²) in [4.78, 5) is 0. The van der Waals surface area contributed by atoms with Gasteiger partial charge in [0.2, 0.25) is 0 Å². The zero-order chi connectivity index (χ0) is 30.3. The van der Waals surface area contributed by atoms with Crippen molar-refractivity contribution in [3.8, 4) is 0 Å². The Bertz CT molecular complexity index is 1630. The highest BCUT2D eigenvalue weighted by Gasteiger charge is 2.57. The quantitative estimate of drug-likeness (QED) is 0.142. The molecule has 0 radical (unpaired) electrons. The Morgan fingerprint density at radius 2 is 0.978 bits per heavy atom. The summed E-state index contributed by atoms with van der Waals surface area (Å²) in [6.45, 7) is 2.07. The van der Waals surface area contributed by atoms with Crippen LogP contribution in [-0.2, 0) is 54.8 Å². The van der Waals surface area contributed by atoms with Crippen molar-refractivity contribution in [1.82, 2.24) is 0 Å². The minimum Gasteiger partial charge on any atom is -0.374 e. The molecule has 230 valence electrons. The van der Waals surface area contributed by atoms with Gasteiger partial charge in [-0.3, -0.25) is 0 Å². The average molecular weight is 603 g/mol. The largest absolute Gasteiger partial charge is 0.374 e. The van der Waals surface area contributed by atoms with E-state index in [-0.39, 0.29) is 12.2 Å². The highest BCUT2D eigenvalue weighted by Crippen LogP contribution is 2.38. The summed E-state index contributed by atoms with van der Waals surface area (Å²) in [7, 11) is 0. The van der Waals surface area contributed by atoms with Crippen molar-refractivity contribution in [2.75, 3.05) is 6.61 Å². The Kier molecular flexibility index (Phi) is 9.59. The van der Waals surface area contributed by atoms with Gasteiger partial charge in [-0.25, -0.2) is 0 Å². The maximum atomic E-state index is 6.66. The van der Waals surface area contributed by atoms with E-state index in [1.807, 2.05) is 54.6 Å². The van der Waals surface area contributed by atoms with E-state index in [9.17, 15) is 0 Å². The molecule has 0 N–H and O–H groups in total. The van der Waals surface area contributed by atoms with E-state index in [1.54, 1.807) is 0 Å². The summed E-state index contributed by atoms with van der Waals surface area (Å²) in [5.41, 5.74) is 4.33. The lowest BCUT2D eigenvalue weighted by Gasteiger charge is -2.40. The van der Waals surface area contributed by atoms with E-state index in [0.717, 1.165) is 22.3 Å². The fraction of sp³-hybridized carbons (Fsp3) is 0.282. The highest BCUT2D eigenvalue weighted by atomic mass is 16.8. The molecule has 5 aromatic rings. The summed E-state index contributed by atoms with van der Waals surface area (Å²) < 4.78 is 39.2. The van der Waals surface area contributed by atoms with E-state index in [4.69, 9.17) is 28.4 Å². The fourth-order valence-corrected chi connectivity index (χ4v) is 6.11. The highest BCUT2D eigenvalue weighted by molar-refractivity contribution is 5.82. The number of benzene rings is 5. The second-order valence-electron chi connectivity index (χ2n) is 11.6. The van der Waals surface area contributed by atoms with Crippen LogP contribution in [0.3, 0.4) is 0 Å². The summed E-state index contributed by atoms with van der Waals surface area (Å²) in [6.07, 6.45) is -2.70. The topological polar surface area (TPSA) is 55.4 Å². The first-order chi connectivity index (χ1) is 22.3. The van der Waals surface area contributed by atoms with Gasteiger partial charge in [-0.2, -0.15) is 0 Å². The molecule has 6 atom stereocenters. The lowest BCUT2D eigenvalue weighted by molar-refractivity contribution is -0.268. The van der Waals surface area contributed by atoms with Gasteiger partial charge in [-0.1, -0.05) is 127 Å². The van der Waals surface area contributed by atoms with Gasteiger partial charge < -0.3 is 28.4 Å². The summed E-state index contributed by atoms with van der Waals surface area (Å²) in [5, 5.41) is 2.41. The van der Waals surface area contributed by atoms with Crippen molar-refractivity contribution < 1.29 is 28.4 Å². The predicted molar refractivity (Wildman–Crippen MR) is 172 cm³/mol. The summed E-state index contributed by atoms with van der Waals surface area (Å²) in [5.74, 6) is 0. The van der Waals surface area contributed by atoms with Gasteiger partial charge in [-0.15, -0.1) is 0 Å². The number of hydrogen-bond donors (Lipinski definition) is 0. The third-order valence-electron chi connectivity index (χ3n) is 8.43. The molecule has 5 aromatic carbocycles. The molecule has 2 aliphatic rings. The molecule has 0 amide bonds. The molecule has 2 aliphatic heterocycles. The zero-order valence-electron chi connectivity index (χ0n) is 25.2. The van der Waals surface area contributed by atoms with E-state index >= 15 is 0 Å². The first-order valence-electron chi connectivity index (χ1n) is 15.6. The normalized spacial score (nSPS) is 24.2. The van der Waals surface area contributed by atoms with Gasteiger partial charge in [0.25, 0.3) is 0 Å². The van der Waals surface area contributed by atoms with Crippen LogP contribution in [0.2, 0.25) is 0 Å². The van der Waals surface area contributed by atoms with Crippen LogP contribution in [0, 0.1) is 0 Å². The van der Waals surface area contributed by atoms with Crippen molar-refractivity contribution in [3.63, 3.8) is 0 Å². The van der Waals surface area contributed by atoms with Crippen molar-refractivity contribution in [2.45, 2.75) is 63.2 Å². The standard InChI is InChI=1S/C39H38O6/c1-4-12-28(13-5-1)24-41-36-35-34(27-40-23-31-20-21-32-18-10-11-19-33(32)22-31)44-39(45-35)38(43-26-30-16-8-3-9-17-30)37(36)42-25-29-14-6-2-7-15-29/h1-22,34-39H,23-27H2/t34-,35+,36-,37+,38+,39+/m1/s1. The molecule has 7 rings (SSSR count). The van der Waals surface area contributed by atoms with E-state index in [2.05, 4.69) is 78.9 Å². The molecule has 2 fully saturated rings. The van der Waals surface area contributed by atoms with Crippen LogP contribution in [0.4, 0.5) is 0 Å². The third-order valence-corrected chi connectivity index (χ3v) is 8.43. The Hall–Kier alpha value is -3.88. The monoisotopic (exact) mass is 602 g/mol. The minimum absolute atomic E-state index is 0.343. The maximum Gasteiger partial charge on any atom is 0.187 e. The average Bonchev–Trinajstić information content (AvgIpc) is 3.47. The first-order valence-corrected chi connectivity index (χ1v) is 15.6. The van der Waals surface area contributed by atoms with Crippen LogP contribution in [0.25, 0.3) is 10.8 Å². The number of rotatable bonds is 13. The number of ether oxygens (including phenoxy) is 6. The van der Waals surface area contributed by atoms with E-state index in [0.29, 0.717) is 33.0 Å². The SMILES string of the molecule is c1ccc(CO[C@H]2[C@H](OCc3ccccc3)[C@H]3O[C@H](O[C@@H]3COCc3ccc4ccccc4c3)[C@H]2OCc2ccccc2)cc1. The number of fused-ring (bicyclic) bond motifs is 3. The molecule has 0 aromatic heterocycles. The van der Waals surface area contributed by atoms with Crippen molar-refractivity contribution in [1.29, 1.82) is 0 Å². The van der Waals surface area contributed by atoms with Crippen LogP contribution in [0.5, 0.6) is 0 Å². The second kappa shape index (κ2) is 14.5. The van der Waals surface area contributed by atoms with Crippen LogP contribution in [0.1, 0.15) is 22.3 Å². The van der Waals surface area contributed by atoms with Crippen LogP contribution in [-0.4, -0.2) is 43.4 Å². The Morgan fingerprint density at radius 3 is 1.60 bits per heavy atom. The van der Waals surface area contributed by atoms with Gasteiger partial charge in [-0.05, 0) is 39.1 Å².